The van der Waals surface area contributed by atoms with Gasteiger partial charge in [0.15, 0.2) is 0 Å². The SMILES string of the molecule is Oc1ccc(Oc2ccc3c(c2)-c2cc(Oc4ccc(O)cc4)ccc2[SH]3c2ccc(F)cc2)cc1. The fourth-order valence-corrected chi connectivity index (χ4v) is 6.84. The van der Waals surface area contributed by atoms with Gasteiger partial charge in [0.2, 0.25) is 0 Å². The van der Waals surface area contributed by atoms with Crippen molar-refractivity contribution in [2.75, 3.05) is 0 Å². The van der Waals surface area contributed by atoms with Crippen LogP contribution in [0.4, 0.5) is 4.39 Å². The Morgan fingerprint density at radius 3 is 1.36 bits per heavy atom. The smallest absolute Gasteiger partial charge is 0.128 e. The lowest BCUT2D eigenvalue weighted by molar-refractivity contribution is 0.464. The van der Waals surface area contributed by atoms with Crippen LogP contribution in [-0.4, -0.2) is 10.2 Å². The van der Waals surface area contributed by atoms with Gasteiger partial charge in [-0.2, -0.15) is 10.9 Å². The fraction of sp³-hybridized carbons (Fsp3) is 0. The molecule has 6 rings (SSSR count). The highest BCUT2D eigenvalue weighted by atomic mass is 32.2. The van der Waals surface area contributed by atoms with E-state index in [2.05, 4.69) is 12.1 Å². The Kier molecular flexibility index (Phi) is 5.51. The number of phenolic OH excluding ortho intramolecular Hbond substituents is 2. The molecule has 0 saturated heterocycles. The van der Waals surface area contributed by atoms with Gasteiger partial charge in [0.25, 0.3) is 0 Å². The molecule has 1 aliphatic rings. The second-order valence-electron chi connectivity index (χ2n) is 8.36. The summed E-state index contributed by atoms with van der Waals surface area (Å²) < 4.78 is 25.8. The third-order valence-corrected chi connectivity index (χ3v) is 8.50. The summed E-state index contributed by atoms with van der Waals surface area (Å²) in [4.78, 5) is 3.38. The minimum Gasteiger partial charge on any atom is -0.508 e. The van der Waals surface area contributed by atoms with Crippen LogP contribution in [0.25, 0.3) is 11.1 Å². The van der Waals surface area contributed by atoms with Crippen LogP contribution < -0.4 is 9.47 Å². The lowest BCUT2D eigenvalue weighted by atomic mass is 10.1. The minimum absolute atomic E-state index is 0.177. The maximum atomic E-state index is 13.7. The summed E-state index contributed by atoms with van der Waals surface area (Å²) in [7, 11) is -0.880. The van der Waals surface area contributed by atoms with Gasteiger partial charge >= 0.3 is 0 Å². The molecule has 1 heterocycles. The minimum atomic E-state index is -0.880. The van der Waals surface area contributed by atoms with E-state index in [0.29, 0.717) is 23.0 Å². The first-order valence-corrected chi connectivity index (χ1v) is 12.7. The van der Waals surface area contributed by atoms with Gasteiger partial charge < -0.3 is 19.7 Å². The number of aromatic hydroxyl groups is 2. The topological polar surface area (TPSA) is 58.9 Å². The fourth-order valence-electron chi connectivity index (χ4n) is 4.28. The molecule has 36 heavy (non-hydrogen) atoms. The molecule has 0 spiro atoms. The normalized spacial score (nSPS) is 12.6. The first-order chi connectivity index (χ1) is 17.5. The summed E-state index contributed by atoms with van der Waals surface area (Å²) in [5, 5.41) is 19.1. The van der Waals surface area contributed by atoms with Crippen LogP contribution in [0.5, 0.6) is 34.5 Å². The first-order valence-electron chi connectivity index (χ1n) is 11.3. The molecule has 0 fully saturated rings. The number of benzene rings is 5. The van der Waals surface area contributed by atoms with Crippen molar-refractivity contribution in [2.24, 2.45) is 0 Å². The Morgan fingerprint density at radius 1 is 0.500 bits per heavy atom. The average Bonchev–Trinajstić information content (AvgIpc) is 3.20. The van der Waals surface area contributed by atoms with Crippen molar-refractivity contribution in [3.8, 4) is 45.6 Å². The van der Waals surface area contributed by atoms with Gasteiger partial charge in [-0.05, 0) is 125 Å². The summed E-state index contributed by atoms with van der Waals surface area (Å²) in [6, 6.07) is 31.9. The molecule has 0 unspecified atom stereocenters. The zero-order valence-corrected chi connectivity index (χ0v) is 19.8. The molecule has 0 aliphatic carbocycles. The maximum absolute atomic E-state index is 13.7. The van der Waals surface area contributed by atoms with Gasteiger partial charge in [-0.15, -0.1) is 0 Å². The molecule has 0 aromatic heterocycles. The monoisotopic (exact) mass is 496 g/mol. The lowest BCUT2D eigenvalue weighted by Crippen LogP contribution is -1.87. The van der Waals surface area contributed by atoms with Crippen molar-refractivity contribution in [3.05, 3.63) is 115 Å². The number of thiol groups is 1. The molecule has 0 bridgehead atoms. The Labute approximate surface area is 210 Å². The van der Waals surface area contributed by atoms with E-state index in [1.165, 1.54) is 12.1 Å². The number of ether oxygens (including phenoxy) is 2. The number of hydrogen-bond acceptors (Lipinski definition) is 4. The van der Waals surface area contributed by atoms with Crippen molar-refractivity contribution in [3.63, 3.8) is 0 Å². The van der Waals surface area contributed by atoms with E-state index in [1.807, 2.05) is 36.4 Å². The number of halogens is 1. The average molecular weight is 497 g/mol. The zero-order chi connectivity index (χ0) is 24.6. The molecule has 6 heteroatoms. The third-order valence-electron chi connectivity index (χ3n) is 5.94. The van der Waals surface area contributed by atoms with E-state index in [4.69, 9.17) is 9.47 Å². The van der Waals surface area contributed by atoms with Gasteiger partial charge in [-0.25, -0.2) is 4.39 Å². The Hall–Kier alpha value is -4.42. The van der Waals surface area contributed by atoms with Gasteiger partial charge in [0, 0.05) is 9.79 Å². The molecule has 0 atom stereocenters. The molecule has 5 aromatic carbocycles. The van der Waals surface area contributed by atoms with Crippen molar-refractivity contribution in [1.82, 2.24) is 0 Å². The molecule has 0 amide bonds. The first kappa shape index (κ1) is 22.1. The Bertz CT molecular complexity index is 1450. The van der Waals surface area contributed by atoms with Gasteiger partial charge in [0.05, 0.1) is 0 Å². The molecular formula is C30H21FO4S. The van der Waals surface area contributed by atoms with E-state index in [-0.39, 0.29) is 17.3 Å². The molecule has 4 nitrogen and oxygen atoms in total. The van der Waals surface area contributed by atoms with E-state index < -0.39 is 10.9 Å². The van der Waals surface area contributed by atoms with Crippen LogP contribution >= 0.6 is 10.9 Å². The van der Waals surface area contributed by atoms with Gasteiger partial charge in [0.1, 0.15) is 40.3 Å². The van der Waals surface area contributed by atoms with Crippen LogP contribution in [0.15, 0.2) is 124 Å². The standard InChI is InChI=1S/C30H21FO4S/c31-19-1-13-26(14-2-19)36-29-15-11-24(34-22-7-3-20(32)4-8-22)17-27(29)28-18-25(12-16-30(28)36)35-23-9-5-21(33)6-10-23/h1-18,32-33,36H. The third kappa shape index (κ3) is 4.23. The number of hydrogen-bond donors (Lipinski definition) is 3. The van der Waals surface area contributed by atoms with Crippen LogP contribution in [0.2, 0.25) is 0 Å². The molecule has 0 radical (unpaired) electrons. The molecule has 5 aromatic rings. The van der Waals surface area contributed by atoms with Gasteiger partial charge in [-0.3, -0.25) is 0 Å². The Morgan fingerprint density at radius 2 is 0.917 bits per heavy atom. The van der Waals surface area contributed by atoms with Crippen LogP contribution in [0, 0.1) is 5.82 Å². The van der Waals surface area contributed by atoms with E-state index in [0.717, 1.165) is 25.8 Å². The quantitative estimate of drug-likeness (QED) is 0.210. The van der Waals surface area contributed by atoms with Crippen molar-refractivity contribution >= 4 is 10.9 Å². The molecule has 2 N–H and O–H groups in total. The number of rotatable bonds is 5. The molecule has 1 aliphatic heterocycles. The van der Waals surface area contributed by atoms with E-state index >= 15 is 0 Å². The van der Waals surface area contributed by atoms with Crippen molar-refractivity contribution in [2.45, 2.75) is 14.7 Å². The highest BCUT2D eigenvalue weighted by Gasteiger charge is 2.28. The van der Waals surface area contributed by atoms with Gasteiger partial charge in [-0.1, -0.05) is 0 Å². The summed E-state index contributed by atoms with van der Waals surface area (Å²) in [6.07, 6.45) is 0. The highest BCUT2D eigenvalue weighted by Crippen LogP contribution is 2.63. The molecular weight excluding hydrogens is 475 g/mol. The zero-order valence-electron chi connectivity index (χ0n) is 18.9. The largest absolute Gasteiger partial charge is 0.508 e. The van der Waals surface area contributed by atoms with Crippen molar-refractivity contribution < 1.29 is 24.1 Å². The van der Waals surface area contributed by atoms with Crippen LogP contribution in [-0.2, 0) is 0 Å². The molecule has 0 saturated carbocycles. The van der Waals surface area contributed by atoms with E-state index in [9.17, 15) is 14.6 Å². The summed E-state index contributed by atoms with van der Waals surface area (Å²) in [5.74, 6) is 2.68. The van der Waals surface area contributed by atoms with Crippen LogP contribution in [0.1, 0.15) is 0 Å². The van der Waals surface area contributed by atoms with Crippen LogP contribution in [0.3, 0.4) is 0 Å². The second kappa shape index (κ2) is 8.98. The number of fused-ring (bicyclic) bond motifs is 3. The second-order valence-corrected chi connectivity index (χ2v) is 10.5. The van der Waals surface area contributed by atoms with Crippen molar-refractivity contribution in [1.29, 1.82) is 0 Å². The Balaban J connectivity index is 1.42. The predicted octanol–water partition coefficient (Wildman–Crippen LogP) is 8.28. The summed E-state index contributed by atoms with van der Waals surface area (Å²) in [5.41, 5.74) is 2.07. The lowest BCUT2D eigenvalue weighted by Gasteiger charge is -2.19. The summed E-state index contributed by atoms with van der Waals surface area (Å²) >= 11 is 0. The predicted molar refractivity (Wildman–Crippen MR) is 138 cm³/mol. The van der Waals surface area contributed by atoms with E-state index in [1.54, 1.807) is 48.5 Å². The maximum Gasteiger partial charge on any atom is 0.128 e. The highest BCUT2D eigenvalue weighted by molar-refractivity contribution is 8.17. The number of phenols is 2. The summed E-state index contributed by atoms with van der Waals surface area (Å²) in [6.45, 7) is 0. The molecule has 178 valence electrons.